The monoisotopic (exact) mass is 348 g/mol. The Labute approximate surface area is 140 Å². The van der Waals surface area contributed by atoms with Gasteiger partial charge in [-0.2, -0.15) is 0 Å². The molecule has 0 aliphatic carbocycles. The lowest BCUT2D eigenvalue weighted by molar-refractivity contribution is 0.0951. The number of carbonyl (C=O) groups excluding carboxylic acids is 1. The molecule has 0 fully saturated rings. The molecule has 0 aromatic heterocycles. The zero-order valence-corrected chi connectivity index (χ0v) is 13.6. The fourth-order valence-corrected chi connectivity index (χ4v) is 2.92. The molecule has 0 saturated heterocycles. The molecule has 7 heteroatoms. The van der Waals surface area contributed by atoms with E-state index < -0.39 is 10.0 Å². The Bertz CT molecular complexity index is 816. The van der Waals surface area contributed by atoms with Crippen molar-refractivity contribution in [3.05, 3.63) is 78.1 Å². The zero-order valence-electron chi connectivity index (χ0n) is 12.8. The summed E-state index contributed by atoms with van der Waals surface area (Å²) in [5.41, 5.74) is 1.09. The van der Waals surface area contributed by atoms with Crippen molar-refractivity contribution in [2.24, 2.45) is 0 Å². The van der Waals surface area contributed by atoms with Crippen LogP contribution < -0.4 is 10.0 Å². The molecule has 24 heavy (non-hydrogen) atoms. The molecule has 1 amide bonds. The number of amides is 1. The van der Waals surface area contributed by atoms with Crippen LogP contribution >= 0.6 is 0 Å². The van der Waals surface area contributed by atoms with Crippen LogP contribution in [0.1, 0.15) is 15.9 Å². The average Bonchev–Trinajstić information content (AvgIpc) is 2.59. The Morgan fingerprint density at radius 3 is 2.29 bits per heavy atom. The van der Waals surface area contributed by atoms with Gasteiger partial charge in [-0.1, -0.05) is 18.2 Å². The summed E-state index contributed by atoms with van der Waals surface area (Å²) in [6.07, 6.45) is 1.44. The summed E-state index contributed by atoms with van der Waals surface area (Å²) in [6.45, 7) is 3.82. The van der Waals surface area contributed by atoms with E-state index in [1.807, 2.05) is 0 Å². The largest absolute Gasteiger partial charge is 0.348 e. The van der Waals surface area contributed by atoms with Gasteiger partial charge in [0.15, 0.2) is 0 Å². The molecule has 0 unspecified atom stereocenters. The summed E-state index contributed by atoms with van der Waals surface area (Å²) in [4.78, 5) is 12.1. The molecule has 0 heterocycles. The first-order valence-electron chi connectivity index (χ1n) is 7.15. The maximum Gasteiger partial charge on any atom is 0.251 e. The minimum Gasteiger partial charge on any atom is -0.348 e. The standard InChI is InChI=1S/C17H17FN2O3S/c1-2-11-20-24(22,23)16-9-5-14(6-10-16)17(21)19-12-13-3-7-15(18)8-4-13/h2-10,20H,1,11-12H2,(H,19,21). The highest BCUT2D eigenvalue weighted by molar-refractivity contribution is 7.89. The quantitative estimate of drug-likeness (QED) is 0.754. The second kappa shape index (κ2) is 7.85. The number of benzene rings is 2. The van der Waals surface area contributed by atoms with Crippen LogP contribution in [0, 0.1) is 5.82 Å². The normalized spacial score (nSPS) is 11.0. The van der Waals surface area contributed by atoms with Gasteiger partial charge in [-0.15, -0.1) is 6.58 Å². The summed E-state index contributed by atoms with van der Waals surface area (Å²) in [7, 11) is -3.61. The molecular formula is C17H17FN2O3S. The SMILES string of the molecule is C=CCNS(=O)(=O)c1ccc(C(=O)NCc2ccc(F)cc2)cc1. The van der Waals surface area contributed by atoms with Crippen LogP contribution in [-0.4, -0.2) is 20.9 Å². The van der Waals surface area contributed by atoms with Gasteiger partial charge in [0, 0.05) is 18.7 Å². The second-order valence-corrected chi connectivity index (χ2v) is 6.74. The van der Waals surface area contributed by atoms with Crippen LogP contribution in [0.5, 0.6) is 0 Å². The first-order valence-corrected chi connectivity index (χ1v) is 8.64. The number of nitrogens with one attached hydrogen (secondary N) is 2. The highest BCUT2D eigenvalue weighted by Crippen LogP contribution is 2.11. The number of hydrogen-bond acceptors (Lipinski definition) is 3. The third kappa shape index (κ3) is 4.74. The van der Waals surface area contributed by atoms with Crippen LogP contribution in [-0.2, 0) is 16.6 Å². The lowest BCUT2D eigenvalue weighted by atomic mass is 10.2. The molecule has 126 valence electrons. The van der Waals surface area contributed by atoms with Crippen LogP contribution in [0.15, 0.2) is 66.1 Å². The van der Waals surface area contributed by atoms with Crippen molar-refractivity contribution in [2.75, 3.05) is 6.54 Å². The predicted molar refractivity (Wildman–Crippen MR) is 89.4 cm³/mol. The average molecular weight is 348 g/mol. The Morgan fingerprint density at radius 2 is 1.71 bits per heavy atom. The van der Waals surface area contributed by atoms with Crippen LogP contribution in [0.3, 0.4) is 0 Å². The van der Waals surface area contributed by atoms with Gasteiger partial charge in [-0.25, -0.2) is 17.5 Å². The van der Waals surface area contributed by atoms with E-state index in [2.05, 4.69) is 16.6 Å². The van der Waals surface area contributed by atoms with E-state index in [4.69, 9.17) is 0 Å². The minimum absolute atomic E-state index is 0.0689. The first-order chi connectivity index (χ1) is 11.4. The van der Waals surface area contributed by atoms with Gasteiger partial charge in [0.2, 0.25) is 10.0 Å². The molecule has 5 nitrogen and oxygen atoms in total. The van der Waals surface area contributed by atoms with Crippen LogP contribution in [0.4, 0.5) is 4.39 Å². The third-order valence-electron chi connectivity index (χ3n) is 3.21. The second-order valence-electron chi connectivity index (χ2n) is 4.97. The van der Waals surface area contributed by atoms with E-state index in [9.17, 15) is 17.6 Å². The van der Waals surface area contributed by atoms with Crippen molar-refractivity contribution in [3.63, 3.8) is 0 Å². The molecule has 2 aromatic carbocycles. The number of halogens is 1. The van der Waals surface area contributed by atoms with E-state index in [0.29, 0.717) is 5.56 Å². The predicted octanol–water partition coefficient (Wildman–Crippen LogP) is 2.22. The molecule has 0 saturated carbocycles. The summed E-state index contributed by atoms with van der Waals surface area (Å²) < 4.78 is 39.0. The van der Waals surface area contributed by atoms with Crippen LogP contribution in [0.25, 0.3) is 0 Å². The van der Waals surface area contributed by atoms with Gasteiger partial charge in [0.25, 0.3) is 5.91 Å². The topological polar surface area (TPSA) is 75.3 Å². The van der Waals surface area contributed by atoms with E-state index >= 15 is 0 Å². The van der Waals surface area contributed by atoms with Gasteiger partial charge in [0.05, 0.1) is 4.90 Å². The maximum atomic E-state index is 12.8. The first kappa shape index (κ1) is 17.8. The van der Waals surface area contributed by atoms with E-state index in [1.165, 1.54) is 42.5 Å². The Morgan fingerprint density at radius 1 is 1.08 bits per heavy atom. The summed E-state index contributed by atoms with van der Waals surface area (Å²) in [5, 5.41) is 2.69. The fourth-order valence-electron chi connectivity index (χ4n) is 1.92. The van der Waals surface area contributed by atoms with Gasteiger partial charge in [-0.05, 0) is 42.0 Å². The molecule has 0 radical (unpaired) electrons. The molecule has 2 rings (SSSR count). The lowest BCUT2D eigenvalue weighted by Crippen LogP contribution is -2.24. The van der Waals surface area contributed by atoms with Gasteiger partial charge >= 0.3 is 0 Å². The smallest absolute Gasteiger partial charge is 0.251 e. The number of rotatable bonds is 7. The molecular weight excluding hydrogens is 331 g/mol. The molecule has 2 N–H and O–H groups in total. The van der Waals surface area contributed by atoms with E-state index in [1.54, 1.807) is 12.1 Å². The van der Waals surface area contributed by atoms with Crippen molar-refractivity contribution in [1.82, 2.24) is 10.0 Å². The number of carbonyl (C=O) groups is 1. The lowest BCUT2D eigenvalue weighted by Gasteiger charge is -2.07. The van der Waals surface area contributed by atoms with Gasteiger partial charge in [0.1, 0.15) is 5.82 Å². The summed E-state index contributed by atoms with van der Waals surface area (Å²) >= 11 is 0. The molecule has 0 atom stereocenters. The highest BCUT2D eigenvalue weighted by atomic mass is 32.2. The van der Waals surface area contributed by atoms with Crippen LogP contribution in [0.2, 0.25) is 0 Å². The fraction of sp³-hybridized carbons (Fsp3) is 0.118. The molecule has 2 aromatic rings. The van der Waals surface area contributed by atoms with Crippen molar-refractivity contribution < 1.29 is 17.6 Å². The molecule has 0 aliphatic heterocycles. The van der Waals surface area contributed by atoms with Crippen molar-refractivity contribution in [3.8, 4) is 0 Å². The Balaban J connectivity index is 2.00. The third-order valence-corrected chi connectivity index (χ3v) is 4.65. The maximum absolute atomic E-state index is 12.8. The molecule has 0 bridgehead atoms. The minimum atomic E-state index is -3.61. The summed E-state index contributed by atoms with van der Waals surface area (Å²) in [5.74, 6) is -0.686. The Hall–Kier alpha value is -2.51. The van der Waals surface area contributed by atoms with Crippen molar-refractivity contribution in [2.45, 2.75) is 11.4 Å². The van der Waals surface area contributed by atoms with Crippen molar-refractivity contribution >= 4 is 15.9 Å². The Kier molecular flexibility index (Phi) is 5.83. The molecule has 0 spiro atoms. The zero-order chi connectivity index (χ0) is 17.6. The highest BCUT2D eigenvalue weighted by Gasteiger charge is 2.13. The number of sulfonamides is 1. The van der Waals surface area contributed by atoms with Gasteiger partial charge < -0.3 is 5.32 Å². The summed E-state index contributed by atoms with van der Waals surface area (Å²) in [6, 6.07) is 11.4. The number of hydrogen-bond donors (Lipinski definition) is 2. The van der Waals surface area contributed by atoms with Crippen molar-refractivity contribution in [1.29, 1.82) is 0 Å². The van der Waals surface area contributed by atoms with E-state index in [0.717, 1.165) is 5.56 Å². The van der Waals surface area contributed by atoms with Gasteiger partial charge in [-0.3, -0.25) is 4.79 Å². The van der Waals surface area contributed by atoms with E-state index in [-0.39, 0.29) is 29.7 Å². The molecule has 0 aliphatic rings.